The Morgan fingerprint density at radius 1 is 1.19 bits per heavy atom. The quantitative estimate of drug-likeness (QED) is 0.740. The number of nitrogens with one attached hydrogen (secondary N) is 1. The Morgan fingerprint density at radius 3 is 2.33 bits per heavy atom. The summed E-state index contributed by atoms with van der Waals surface area (Å²) in [5.74, 6) is -0.587. The Morgan fingerprint density at radius 2 is 1.81 bits per heavy atom. The van der Waals surface area contributed by atoms with E-state index >= 15 is 0 Å². The zero-order chi connectivity index (χ0) is 15.2. The molecule has 1 aromatic carbocycles. The molecule has 2 unspecified atom stereocenters. The molecule has 0 radical (unpaired) electrons. The zero-order valence-electron chi connectivity index (χ0n) is 11.9. The van der Waals surface area contributed by atoms with Gasteiger partial charge in [-0.1, -0.05) is 0 Å². The normalized spacial score (nSPS) is 20.2. The summed E-state index contributed by atoms with van der Waals surface area (Å²) in [6, 6.07) is 7.15. The van der Waals surface area contributed by atoms with E-state index in [0.29, 0.717) is 31.7 Å². The number of aliphatic carboxylic acids is 1. The second-order valence-electron chi connectivity index (χ2n) is 4.94. The molecule has 0 bridgehead atoms. The SMILES string of the molecule is COc1ccc(OCCNC(=O)C2CCC2C(=O)O)cc1. The van der Waals surface area contributed by atoms with Crippen LogP contribution in [0.3, 0.4) is 0 Å². The smallest absolute Gasteiger partial charge is 0.307 e. The minimum Gasteiger partial charge on any atom is -0.497 e. The molecule has 114 valence electrons. The molecule has 0 aliphatic heterocycles. The van der Waals surface area contributed by atoms with Gasteiger partial charge in [-0.25, -0.2) is 0 Å². The summed E-state index contributed by atoms with van der Waals surface area (Å²) < 4.78 is 10.5. The average Bonchev–Trinajstić information content (AvgIpc) is 2.42. The number of hydrogen-bond donors (Lipinski definition) is 2. The summed E-state index contributed by atoms with van der Waals surface area (Å²) in [7, 11) is 1.59. The molecular formula is C15H19NO5. The molecule has 1 aliphatic carbocycles. The maximum atomic E-state index is 11.8. The molecule has 1 fully saturated rings. The molecule has 0 aromatic heterocycles. The highest BCUT2D eigenvalue weighted by molar-refractivity contribution is 5.86. The molecule has 1 amide bonds. The van der Waals surface area contributed by atoms with Crippen LogP contribution in [0, 0.1) is 11.8 Å². The number of hydrogen-bond acceptors (Lipinski definition) is 4. The number of rotatable bonds is 7. The summed E-state index contributed by atoms with van der Waals surface area (Å²) in [4.78, 5) is 22.6. The Hall–Kier alpha value is -2.24. The lowest BCUT2D eigenvalue weighted by Gasteiger charge is -2.31. The van der Waals surface area contributed by atoms with E-state index in [-0.39, 0.29) is 5.91 Å². The number of carbonyl (C=O) groups is 2. The van der Waals surface area contributed by atoms with E-state index in [1.54, 1.807) is 31.4 Å². The zero-order valence-corrected chi connectivity index (χ0v) is 11.9. The maximum absolute atomic E-state index is 11.8. The summed E-state index contributed by atoms with van der Waals surface area (Å²) in [5, 5.41) is 11.6. The van der Waals surface area contributed by atoms with E-state index in [4.69, 9.17) is 14.6 Å². The molecule has 6 nitrogen and oxygen atoms in total. The van der Waals surface area contributed by atoms with E-state index in [1.165, 1.54) is 0 Å². The van der Waals surface area contributed by atoms with Crippen LogP contribution in [0.4, 0.5) is 0 Å². The Kier molecular flexibility index (Phi) is 5.03. The predicted molar refractivity (Wildman–Crippen MR) is 75.3 cm³/mol. The second-order valence-corrected chi connectivity index (χ2v) is 4.94. The van der Waals surface area contributed by atoms with Crippen molar-refractivity contribution in [3.8, 4) is 11.5 Å². The first kappa shape index (κ1) is 15.2. The van der Waals surface area contributed by atoms with Crippen molar-refractivity contribution in [2.45, 2.75) is 12.8 Å². The van der Waals surface area contributed by atoms with Gasteiger partial charge in [-0.2, -0.15) is 0 Å². The summed E-state index contributed by atoms with van der Waals surface area (Å²) in [6.07, 6.45) is 1.22. The Balaban J connectivity index is 1.67. The molecule has 0 spiro atoms. The molecule has 1 aliphatic rings. The van der Waals surface area contributed by atoms with Crippen molar-refractivity contribution in [2.75, 3.05) is 20.3 Å². The van der Waals surface area contributed by atoms with Crippen LogP contribution in [0.25, 0.3) is 0 Å². The molecule has 6 heteroatoms. The van der Waals surface area contributed by atoms with Crippen molar-refractivity contribution in [3.63, 3.8) is 0 Å². The summed E-state index contributed by atoms with van der Waals surface area (Å²) >= 11 is 0. The van der Waals surface area contributed by atoms with E-state index < -0.39 is 17.8 Å². The summed E-state index contributed by atoms with van der Waals surface area (Å²) in [5.41, 5.74) is 0. The van der Waals surface area contributed by atoms with Gasteiger partial charge in [0.1, 0.15) is 18.1 Å². The van der Waals surface area contributed by atoms with Crippen LogP contribution in [-0.4, -0.2) is 37.2 Å². The third-order valence-electron chi connectivity index (χ3n) is 3.66. The van der Waals surface area contributed by atoms with E-state index in [1.807, 2.05) is 0 Å². The largest absolute Gasteiger partial charge is 0.497 e. The Bertz CT molecular complexity index is 499. The van der Waals surface area contributed by atoms with Crippen molar-refractivity contribution in [1.82, 2.24) is 5.32 Å². The van der Waals surface area contributed by atoms with Crippen LogP contribution in [0.2, 0.25) is 0 Å². The number of carboxylic acid groups (broad SMARTS) is 1. The average molecular weight is 293 g/mol. The topological polar surface area (TPSA) is 84.9 Å². The minimum atomic E-state index is -0.893. The third-order valence-corrected chi connectivity index (χ3v) is 3.66. The standard InChI is InChI=1S/C15H19NO5/c1-20-10-2-4-11(5-3-10)21-9-8-16-14(17)12-6-7-13(12)15(18)19/h2-5,12-13H,6-9H2,1H3,(H,16,17)(H,18,19). The molecule has 0 heterocycles. The van der Waals surface area contributed by atoms with Gasteiger partial charge in [0.15, 0.2) is 0 Å². The van der Waals surface area contributed by atoms with Crippen LogP contribution in [0.1, 0.15) is 12.8 Å². The second kappa shape index (κ2) is 6.97. The fourth-order valence-electron chi connectivity index (χ4n) is 2.26. The highest BCUT2D eigenvalue weighted by Gasteiger charge is 2.41. The number of carbonyl (C=O) groups excluding carboxylic acids is 1. The lowest BCUT2D eigenvalue weighted by molar-refractivity contribution is -0.152. The molecule has 2 N–H and O–H groups in total. The van der Waals surface area contributed by atoms with Crippen LogP contribution < -0.4 is 14.8 Å². The predicted octanol–water partition coefficient (Wildman–Crippen LogP) is 1.30. The maximum Gasteiger partial charge on any atom is 0.307 e. The van der Waals surface area contributed by atoms with Gasteiger partial charge in [0.25, 0.3) is 0 Å². The van der Waals surface area contributed by atoms with Crippen molar-refractivity contribution < 1.29 is 24.2 Å². The van der Waals surface area contributed by atoms with Gasteiger partial charge in [-0.05, 0) is 37.1 Å². The fourth-order valence-corrected chi connectivity index (χ4v) is 2.26. The van der Waals surface area contributed by atoms with E-state index in [0.717, 1.165) is 5.75 Å². The lowest BCUT2D eigenvalue weighted by Crippen LogP contribution is -2.44. The molecule has 0 saturated heterocycles. The molecular weight excluding hydrogens is 274 g/mol. The minimum absolute atomic E-state index is 0.202. The van der Waals surface area contributed by atoms with Gasteiger partial charge in [-0.3, -0.25) is 9.59 Å². The van der Waals surface area contributed by atoms with Gasteiger partial charge in [0, 0.05) is 0 Å². The Labute approximate surface area is 123 Å². The number of amides is 1. The first-order valence-corrected chi connectivity index (χ1v) is 6.89. The number of ether oxygens (including phenoxy) is 2. The van der Waals surface area contributed by atoms with Crippen molar-refractivity contribution in [2.24, 2.45) is 11.8 Å². The molecule has 2 rings (SSSR count). The van der Waals surface area contributed by atoms with Gasteiger partial charge in [0.2, 0.25) is 5.91 Å². The first-order valence-electron chi connectivity index (χ1n) is 6.89. The first-order chi connectivity index (χ1) is 10.1. The van der Waals surface area contributed by atoms with Gasteiger partial charge in [0.05, 0.1) is 25.5 Å². The van der Waals surface area contributed by atoms with Crippen molar-refractivity contribution >= 4 is 11.9 Å². The number of benzene rings is 1. The lowest BCUT2D eigenvalue weighted by atomic mass is 9.73. The molecule has 1 saturated carbocycles. The number of carboxylic acids is 1. The van der Waals surface area contributed by atoms with Crippen LogP contribution in [0.15, 0.2) is 24.3 Å². The molecule has 21 heavy (non-hydrogen) atoms. The molecule has 1 aromatic rings. The third kappa shape index (κ3) is 3.87. The van der Waals surface area contributed by atoms with Crippen molar-refractivity contribution in [1.29, 1.82) is 0 Å². The summed E-state index contributed by atoms with van der Waals surface area (Å²) in [6.45, 7) is 0.691. The van der Waals surface area contributed by atoms with Crippen LogP contribution >= 0.6 is 0 Å². The van der Waals surface area contributed by atoms with E-state index in [9.17, 15) is 9.59 Å². The number of methoxy groups -OCH3 is 1. The fraction of sp³-hybridized carbons (Fsp3) is 0.467. The van der Waals surface area contributed by atoms with Crippen molar-refractivity contribution in [3.05, 3.63) is 24.3 Å². The van der Waals surface area contributed by atoms with E-state index in [2.05, 4.69) is 5.32 Å². The van der Waals surface area contributed by atoms with Crippen LogP contribution in [0.5, 0.6) is 11.5 Å². The molecule has 2 atom stereocenters. The van der Waals surface area contributed by atoms with Gasteiger partial charge < -0.3 is 19.9 Å². The van der Waals surface area contributed by atoms with Gasteiger partial charge >= 0.3 is 5.97 Å². The highest BCUT2D eigenvalue weighted by atomic mass is 16.5. The monoisotopic (exact) mass is 293 g/mol. The highest BCUT2D eigenvalue weighted by Crippen LogP contribution is 2.34. The van der Waals surface area contributed by atoms with Gasteiger partial charge in [-0.15, -0.1) is 0 Å². The van der Waals surface area contributed by atoms with Crippen LogP contribution in [-0.2, 0) is 9.59 Å².